The van der Waals surface area contributed by atoms with Crippen LogP contribution in [-0.4, -0.2) is 29.5 Å². The Labute approximate surface area is 152 Å². The third-order valence-electron chi connectivity index (χ3n) is 4.85. The second-order valence-electron chi connectivity index (χ2n) is 7.48. The minimum Gasteiger partial charge on any atom is -0.268 e. The largest absolute Gasteiger partial charge is 0.268 e. The van der Waals surface area contributed by atoms with Crippen LogP contribution in [0.2, 0.25) is 0 Å². The van der Waals surface area contributed by atoms with Crippen LogP contribution in [0.25, 0.3) is 33.3 Å². The summed E-state index contributed by atoms with van der Waals surface area (Å²) in [6.45, 7) is 8.65. The highest BCUT2D eigenvalue weighted by Crippen LogP contribution is 2.30. The average Bonchev–Trinajstić information content (AvgIpc) is 3.14. The van der Waals surface area contributed by atoms with Gasteiger partial charge in [-0.2, -0.15) is 10.2 Å². The summed E-state index contributed by atoms with van der Waals surface area (Å²) in [7, 11) is 3.93. The lowest BCUT2D eigenvalue weighted by Crippen LogP contribution is -2.02. The van der Waals surface area contributed by atoms with Crippen LogP contribution in [0.3, 0.4) is 0 Å². The first kappa shape index (κ1) is 16.7. The molecule has 4 rings (SSSR count). The van der Waals surface area contributed by atoms with E-state index in [1.165, 1.54) is 5.39 Å². The highest BCUT2D eigenvalue weighted by Gasteiger charge is 2.17. The van der Waals surface area contributed by atoms with Gasteiger partial charge in [-0.05, 0) is 30.0 Å². The Morgan fingerprint density at radius 1 is 0.885 bits per heavy atom. The van der Waals surface area contributed by atoms with Gasteiger partial charge in [-0.25, -0.2) is 9.97 Å². The van der Waals surface area contributed by atoms with Crippen molar-refractivity contribution in [3.05, 3.63) is 35.8 Å². The van der Waals surface area contributed by atoms with Crippen molar-refractivity contribution in [1.82, 2.24) is 29.5 Å². The van der Waals surface area contributed by atoms with Gasteiger partial charge >= 0.3 is 0 Å². The third kappa shape index (κ3) is 2.48. The summed E-state index contributed by atoms with van der Waals surface area (Å²) in [4.78, 5) is 9.67. The first-order valence-corrected chi connectivity index (χ1v) is 9.03. The molecule has 134 valence electrons. The van der Waals surface area contributed by atoms with Crippen LogP contribution in [0.5, 0.6) is 0 Å². The van der Waals surface area contributed by atoms with Gasteiger partial charge in [0, 0.05) is 25.0 Å². The molecule has 0 atom stereocenters. The Bertz CT molecular complexity index is 1120. The standard InChI is InChI=1S/C20H24N6/c1-11(2)17-14-9-13(7-8-16(14)25(5)24-17)20-22-15-10-21-26(6)19(15)18(23-20)12(3)4/h7-12H,1-6H3. The van der Waals surface area contributed by atoms with E-state index in [1.54, 1.807) is 0 Å². The minimum atomic E-state index is 0.294. The summed E-state index contributed by atoms with van der Waals surface area (Å²) in [6.07, 6.45) is 1.81. The molecule has 0 aliphatic rings. The lowest BCUT2D eigenvalue weighted by Gasteiger charge is -2.10. The lowest BCUT2D eigenvalue weighted by atomic mass is 10.0. The quantitative estimate of drug-likeness (QED) is 0.558. The predicted octanol–water partition coefficient (Wildman–Crippen LogP) is 4.16. The number of fused-ring (bicyclic) bond motifs is 2. The van der Waals surface area contributed by atoms with E-state index >= 15 is 0 Å². The number of nitrogens with zero attached hydrogens (tertiary/aromatic N) is 6. The van der Waals surface area contributed by atoms with Crippen molar-refractivity contribution in [3.63, 3.8) is 0 Å². The summed E-state index contributed by atoms with van der Waals surface area (Å²) in [5.74, 6) is 1.40. The molecule has 0 aliphatic carbocycles. The van der Waals surface area contributed by atoms with Crippen molar-refractivity contribution in [2.45, 2.75) is 39.5 Å². The predicted molar refractivity (Wildman–Crippen MR) is 104 cm³/mol. The lowest BCUT2D eigenvalue weighted by molar-refractivity contribution is 0.729. The topological polar surface area (TPSA) is 61.4 Å². The zero-order chi connectivity index (χ0) is 18.6. The molecule has 0 N–H and O–H groups in total. The van der Waals surface area contributed by atoms with E-state index in [2.05, 4.69) is 56.1 Å². The molecule has 0 radical (unpaired) electrons. The summed E-state index contributed by atoms with van der Waals surface area (Å²) < 4.78 is 3.80. The van der Waals surface area contributed by atoms with Gasteiger partial charge in [-0.1, -0.05) is 27.7 Å². The molecule has 0 unspecified atom stereocenters. The molecule has 0 saturated heterocycles. The number of benzene rings is 1. The molecule has 0 fully saturated rings. The van der Waals surface area contributed by atoms with Crippen LogP contribution in [0.4, 0.5) is 0 Å². The second kappa shape index (κ2) is 5.90. The normalized spacial score (nSPS) is 12.2. The molecule has 26 heavy (non-hydrogen) atoms. The average molecular weight is 348 g/mol. The Kier molecular flexibility index (Phi) is 3.79. The first-order chi connectivity index (χ1) is 12.4. The maximum Gasteiger partial charge on any atom is 0.160 e. The monoisotopic (exact) mass is 348 g/mol. The van der Waals surface area contributed by atoms with Crippen LogP contribution in [-0.2, 0) is 14.1 Å². The maximum absolute atomic E-state index is 4.89. The van der Waals surface area contributed by atoms with Crippen LogP contribution in [0.1, 0.15) is 50.9 Å². The van der Waals surface area contributed by atoms with Crippen molar-refractivity contribution in [2.24, 2.45) is 14.1 Å². The summed E-state index contributed by atoms with van der Waals surface area (Å²) >= 11 is 0. The highest BCUT2D eigenvalue weighted by molar-refractivity contribution is 5.87. The number of rotatable bonds is 3. The van der Waals surface area contributed by atoms with E-state index < -0.39 is 0 Å². The Balaban J connectivity index is 1.96. The van der Waals surface area contributed by atoms with Crippen LogP contribution >= 0.6 is 0 Å². The van der Waals surface area contributed by atoms with Crippen molar-refractivity contribution in [2.75, 3.05) is 0 Å². The van der Waals surface area contributed by atoms with E-state index in [1.807, 2.05) is 29.7 Å². The Morgan fingerprint density at radius 3 is 2.31 bits per heavy atom. The molecule has 0 spiro atoms. The zero-order valence-electron chi connectivity index (χ0n) is 16.1. The van der Waals surface area contributed by atoms with E-state index in [0.29, 0.717) is 11.8 Å². The first-order valence-electron chi connectivity index (χ1n) is 9.03. The fourth-order valence-corrected chi connectivity index (χ4v) is 3.50. The van der Waals surface area contributed by atoms with Gasteiger partial charge in [0.15, 0.2) is 5.82 Å². The summed E-state index contributed by atoms with van der Waals surface area (Å²) in [5.41, 5.74) is 6.17. The van der Waals surface area contributed by atoms with E-state index in [9.17, 15) is 0 Å². The van der Waals surface area contributed by atoms with E-state index in [4.69, 9.17) is 9.97 Å². The summed E-state index contributed by atoms with van der Waals surface area (Å²) in [5, 5.41) is 10.2. The number of aryl methyl sites for hydroxylation is 2. The van der Waals surface area contributed by atoms with Gasteiger partial charge in [0.2, 0.25) is 0 Å². The zero-order valence-corrected chi connectivity index (χ0v) is 16.1. The van der Waals surface area contributed by atoms with Crippen molar-refractivity contribution in [3.8, 4) is 11.4 Å². The molecule has 6 nitrogen and oxygen atoms in total. The molecule has 1 aromatic carbocycles. The SMILES string of the molecule is CC(C)c1nn(C)c2ccc(-c3nc(C(C)C)c4c(cnn4C)n3)cc12. The second-order valence-corrected chi connectivity index (χ2v) is 7.48. The molecule has 6 heteroatoms. The molecule has 4 aromatic rings. The Hall–Kier alpha value is -2.76. The molecule has 0 saturated carbocycles. The van der Waals surface area contributed by atoms with Gasteiger partial charge in [-0.15, -0.1) is 0 Å². The number of hydrogen-bond donors (Lipinski definition) is 0. The fraction of sp³-hybridized carbons (Fsp3) is 0.400. The third-order valence-corrected chi connectivity index (χ3v) is 4.85. The van der Waals surface area contributed by atoms with Crippen LogP contribution in [0.15, 0.2) is 24.4 Å². The number of hydrogen-bond acceptors (Lipinski definition) is 4. The number of aromatic nitrogens is 6. The minimum absolute atomic E-state index is 0.294. The smallest absolute Gasteiger partial charge is 0.160 e. The van der Waals surface area contributed by atoms with E-state index in [-0.39, 0.29) is 0 Å². The maximum atomic E-state index is 4.89. The van der Waals surface area contributed by atoms with Gasteiger partial charge < -0.3 is 0 Å². The van der Waals surface area contributed by atoms with E-state index in [0.717, 1.165) is 39.3 Å². The highest BCUT2D eigenvalue weighted by atomic mass is 15.3. The Morgan fingerprint density at radius 2 is 1.62 bits per heavy atom. The summed E-state index contributed by atoms with van der Waals surface area (Å²) in [6, 6.07) is 6.35. The van der Waals surface area contributed by atoms with Gasteiger partial charge in [0.25, 0.3) is 0 Å². The van der Waals surface area contributed by atoms with Crippen molar-refractivity contribution < 1.29 is 0 Å². The van der Waals surface area contributed by atoms with Crippen LogP contribution in [0, 0.1) is 0 Å². The van der Waals surface area contributed by atoms with Gasteiger partial charge in [0.05, 0.1) is 23.1 Å². The molecular formula is C20H24N6. The molecular weight excluding hydrogens is 324 g/mol. The molecule has 0 bridgehead atoms. The molecule has 0 amide bonds. The molecule has 3 heterocycles. The molecule has 3 aromatic heterocycles. The van der Waals surface area contributed by atoms with Gasteiger partial charge in [-0.3, -0.25) is 9.36 Å². The van der Waals surface area contributed by atoms with Gasteiger partial charge in [0.1, 0.15) is 11.0 Å². The van der Waals surface area contributed by atoms with Crippen molar-refractivity contribution >= 4 is 21.9 Å². The van der Waals surface area contributed by atoms with Crippen LogP contribution < -0.4 is 0 Å². The molecule has 0 aliphatic heterocycles. The van der Waals surface area contributed by atoms with Crippen molar-refractivity contribution in [1.29, 1.82) is 0 Å². The fourth-order valence-electron chi connectivity index (χ4n) is 3.50.